The molecule has 2 nitrogen and oxygen atoms in total. The number of halogens is 1. The molecular weight excluding hydrogens is 282 g/mol. The third-order valence-corrected chi connectivity index (χ3v) is 3.85. The maximum atomic E-state index is 12.1. The number of carbonyl (C=O) groups excluding carboxylic acids is 1. The molecule has 0 heterocycles. The van der Waals surface area contributed by atoms with Crippen molar-refractivity contribution < 1.29 is 4.79 Å². The molecule has 2 aromatic rings. The molecule has 0 aliphatic heterocycles. The fraction of sp³-hybridized carbons (Fsp3) is 0.278. The SMILES string of the molecule is CN(CCC(=O)c1ccccc1Cl)CCc1ccccc1. The van der Waals surface area contributed by atoms with Crippen LogP contribution in [-0.4, -0.2) is 30.8 Å². The Morgan fingerprint density at radius 2 is 1.67 bits per heavy atom. The maximum absolute atomic E-state index is 12.1. The van der Waals surface area contributed by atoms with Crippen molar-refractivity contribution in [2.75, 3.05) is 20.1 Å². The Morgan fingerprint density at radius 3 is 2.38 bits per heavy atom. The van der Waals surface area contributed by atoms with Gasteiger partial charge in [0, 0.05) is 25.1 Å². The van der Waals surface area contributed by atoms with E-state index < -0.39 is 0 Å². The number of benzene rings is 2. The summed E-state index contributed by atoms with van der Waals surface area (Å²) in [6, 6.07) is 17.6. The van der Waals surface area contributed by atoms with Gasteiger partial charge in [0.05, 0.1) is 5.02 Å². The van der Waals surface area contributed by atoms with Gasteiger partial charge in [0.25, 0.3) is 0 Å². The van der Waals surface area contributed by atoms with Crippen molar-refractivity contribution >= 4 is 17.4 Å². The summed E-state index contributed by atoms with van der Waals surface area (Å²) in [5.41, 5.74) is 1.94. The second-order valence-electron chi connectivity index (χ2n) is 5.19. The number of Topliss-reactive ketones (excluding diaryl/α,β-unsaturated/α-hetero) is 1. The van der Waals surface area contributed by atoms with Crippen LogP contribution in [-0.2, 0) is 6.42 Å². The second kappa shape index (κ2) is 7.96. The van der Waals surface area contributed by atoms with Crippen LogP contribution in [0.3, 0.4) is 0 Å². The molecule has 0 atom stereocenters. The van der Waals surface area contributed by atoms with Crippen LogP contribution in [0.5, 0.6) is 0 Å². The first-order valence-electron chi connectivity index (χ1n) is 7.17. The molecule has 2 rings (SSSR count). The summed E-state index contributed by atoms with van der Waals surface area (Å²) in [4.78, 5) is 14.3. The van der Waals surface area contributed by atoms with Crippen molar-refractivity contribution in [3.05, 3.63) is 70.7 Å². The van der Waals surface area contributed by atoms with E-state index in [1.54, 1.807) is 12.1 Å². The smallest absolute Gasteiger partial charge is 0.165 e. The molecule has 0 saturated heterocycles. The largest absolute Gasteiger partial charge is 0.306 e. The van der Waals surface area contributed by atoms with Gasteiger partial charge in [0.15, 0.2) is 5.78 Å². The maximum Gasteiger partial charge on any atom is 0.165 e. The first kappa shape index (κ1) is 15.7. The van der Waals surface area contributed by atoms with Crippen LogP contribution in [0.2, 0.25) is 5.02 Å². The molecule has 2 aromatic carbocycles. The van der Waals surface area contributed by atoms with Crippen LogP contribution in [0.4, 0.5) is 0 Å². The molecule has 0 amide bonds. The number of rotatable bonds is 7. The quantitative estimate of drug-likeness (QED) is 0.718. The highest BCUT2D eigenvalue weighted by molar-refractivity contribution is 6.33. The lowest BCUT2D eigenvalue weighted by molar-refractivity contribution is 0.0969. The van der Waals surface area contributed by atoms with Crippen LogP contribution in [0, 0.1) is 0 Å². The number of nitrogens with zero attached hydrogens (tertiary/aromatic N) is 1. The average molecular weight is 302 g/mol. The highest BCUT2D eigenvalue weighted by atomic mass is 35.5. The van der Waals surface area contributed by atoms with Crippen molar-refractivity contribution in [1.82, 2.24) is 4.90 Å². The number of carbonyl (C=O) groups is 1. The summed E-state index contributed by atoms with van der Waals surface area (Å²) in [6.07, 6.45) is 1.49. The van der Waals surface area contributed by atoms with E-state index in [2.05, 4.69) is 29.2 Å². The Morgan fingerprint density at radius 1 is 1.00 bits per heavy atom. The molecule has 0 unspecified atom stereocenters. The minimum Gasteiger partial charge on any atom is -0.306 e. The summed E-state index contributed by atoms with van der Waals surface area (Å²) in [5.74, 6) is 0.104. The van der Waals surface area contributed by atoms with E-state index in [0.717, 1.165) is 19.5 Å². The van der Waals surface area contributed by atoms with Crippen LogP contribution in [0.15, 0.2) is 54.6 Å². The lowest BCUT2D eigenvalue weighted by atomic mass is 10.1. The number of likely N-dealkylation sites (N-methyl/N-ethyl adjacent to an activating group) is 1. The van der Waals surface area contributed by atoms with Crippen molar-refractivity contribution in [3.63, 3.8) is 0 Å². The monoisotopic (exact) mass is 301 g/mol. The van der Waals surface area contributed by atoms with E-state index in [4.69, 9.17) is 11.6 Å². The predicted molar refractivity (Wildman–Crippen MR) is 88.0 cm³/mol. The summed E-state index contributed by atoms with van der Waals surface area (Å²) < 4.78 is 0. The standard InChI is InChI=1S/C18H20ClNO/c1-20(13-11-15-7-3-2-4-8-15)14-12-18(21)16-9-5-6-10-17(16)19/h2-10H,11-14H2,1H3. The molecule has 0 aliphatic carbocycles. The lowest BCUT2D eigenvalue weighted by Gasteiger charge is -2.16. The topological polar surface area (TPSA) is 20.3 Å². The summed E-state index contributed by atoms with van der Waals surface area (Å²) in [5, 5.41) is 0.537. The fourth-order valence-corrected chi connectivity index (χ4v) is 2.43. The van der Waals surface area contributed by atoms with E-state index in [1.165, 1.54) is 5.56 Å². The van der Waals surface area contributed by atoms with Crippen LogP contribution < -0.4 is 0 Å². The van der Waals surface area contributed by atoms with E-state index in [0.29, 0.717) is 17.0 Å². The number of ketones is 1. The van der Waals surface area contributed by atoms with Crippen molar-refractivity contribution in [3.8, 4) is 0 Å². The van der Waals surface area contributed by atoms with Gasteiger partial charge in [0.2, 0.25) is 0 Å². The lowest BCUT2D eigenvalue weighted by Crippen LogP contribution is -2.24. The first-order valence-corrected chi connectivity index (χ1v) is 7.55. The molecular formula is C18H20ClNO. The number of hydrogen-bond donors (Lipinski definition) is 0. The minimum atomic E-state index is 0.104. The Labute approximate surface area is 131 Å². The molecule has 0 saturated carbocycles. The molecule has 0 aliphatic rings. The van der Waals surface area contributed by atoms with Crippen LogP contribution in [0.25, 0.3) is 0 Å². The minimum absolute atomic E-state index is 0.104. The van der Waals surface area contributed by atoms with Crippen LogP contribution >= 0.6 is 11.6 Å². The summed E-state index contributed by atoms with van der Waals surface area (Å²) in [7, 11) is 2.04. The molecule has 21 heavy (non-hydrogen) atoms. The van der Waals surface area contributed by atoms with E-state index >= 15 is 0 Å². The number of hydrogen-bond acceptors (Lipinski definition) is 2. The van der Waals surface area contributed by atoms with Gasteiger partial charge in [-0.15, -0.1) is 0 Å². The van der Waals surface area contributed by atoms with Crippen molar-refractivity contribution in [2.45, 2.75) is 12.8 Å². The average Bonchev–Trinajstić information content (AvgIpc) is 2.52. The molecule has 3 heteroatoms. The zero-order valence-electron chi connectivity index (χ0n) is 12.3. The van der Waals surface area contributed by atoms with Crippen LogP contribution in [0.1, 0.15) is 22.3 Å². The molecule has 110 valence electrons. The second-order valence-corrected chi connectivity index (χ2v) is 5.60. The third-order valence-electron chi connectivity index (χ3n) is 3.52. The Hall–Kier alpha value is -1.64. The van der Waals surface area contributed by atoms with Gasteiger partial charge in [-0.2, -0.15) is 0 Å². The van der Waals surface area contributed by atoms with Gasteiger partial charge < -0.3 is 4.90 Å². The fourth-order valence-electron chi connectivity index (χ4n) is 2.19. The van der Waals surface area contributed by atoms with Gasteiger partial charge in [-0.25, -0.2) is 0 Å². The van der Waals surface area contributed by atoms with Gasteiger partial charge in [-0.05, 0) is 31.2 Å². The van der Waals surface area contributed by atoms with E-state index in [1.807, 2.05) is 25.2 Å². The molecule has 0 radical (unpaired) electrons. The van der Waals surface area contributed by atoms with Gasteiger partial charge in [-0.3, -0.25) is 4.79 Å². The molecule has 0 aromatic heterocycles. The zero-order chi connectivity index (χ0) is 15.1. The Balaban J connectivity index is 1.77. The van der Waals surface area contributed by atoms with E-state index in [9.17, 15) is 4.79 Å². The molecule has 0 bridgehead atoms. The first-order chi connectivity index (χ1) is 10.2. The van der Waals surface area contributed by atoms with Gasteiger partial charge >= 0.3 is 0 Å². The normalized spacial score (nSPS) is 10.8. The highest BCUT2D eigenvalue weighted by Crippen LogP contribution is 2.16. The third kappa shape index (κ3) is 5.00. The summed E-state index contributed by atoms with van der Waals surface area (Å²) in [6.45, 7) is 1.69. The van der Waals surface area contributed by atoms with Crippen molar-refractivity contribution in [1.29, 1.82) is 0 Å². The molecule has 0 N–H and O–H groups in total. The van der Waals surface area contributed by atoms with Crippen molar-refractivity contribution in [2.24, 2.45) is 0 Å². The van der Waals surface area contributed by atoms with E-state index in [-0.39, 0.29) is 5.78 Å². The zero-order valence-corrected chi connectivity index (χ0v) is 13.0. The predicted octanol–water partition coefficient (Wildman–Crippen LogP) is 4.09. The Kier molecular flexibility index (Phi) is 5.97. The summed E-state index contributed by atoms with van der Waals surface area (Å²) >= 11 is 6.04. The Bertz CT molecular complexity index is 583. The van der Waals surface area contributed by atoms with Gasteiger partial charge in [-0.1, -0.05) is 54.1 Å². The van der Waals surface area contributed by atoms with Gasteiger partial charge in [0.1, 0.15) is 0 Å². The molecule has 0 spiro atoms. The highest BCUT2D eigenvalue weighted by Gasteiger charge is 2.10. The molecule has 0 fully saturated rings.